The van der Waals surface area contributed by atoms with Crippen molar-refractivity contribution in [2.75, 3.05) is 6.61 Å². The third-order valence-corrected chi connectivity index (χ3v) is 2.42. The zero-order valence-electron chi connectivity index (χ0n) is 8.63. The van der Waals surface area contributed by atoms with Gasteiger partial charge in [-0.15, -0.1) is 24.8 Å². The summed E-state index contributed by atoms with van der Waals surface area (Å²) < 4.78 is 7.39. The van der Waals surface area contributed by atoms with E-state index < -0.39 is 0 Å². The Balaban J connectivity index is 0.000000980. The lowest BCUT2D eigenvalue weighted by molar-refractivity contribution is 0.000107. The van der Waals surface area contributed by atoms with Crippen LogP contribution in [-0.2, 0) is 11.8 Å². The van der Waals surface area contributed by atoms with E-state index in [9.17, 15) is 0 Å². The van der Waals surface area contributed by atoms with E-state index in [-0.39, 0.29) is 37.0 Å². The molecule has 1 aromatic rings. The van der Waals surface area contributed by atoms with Gasteiger partial charge in [0.1, 0.15) is 6.10 Å². The van der Waals surface area contributed by atoms with E-state index in [4.69, 9.17) is 10.5 Å². The van der Waals surface area contributed by atoms with Crippen LogP contribution in [0.4, 0.5) is 0 Å². The van der Waals surface area contributed by atoms with E-state index in [1.165, 1.54) is 0 Å². The maximum absolute atomic E-state index is 5.96. The number of hydrogen-bond donors (Lipinski definition) is 1. The van der Waals surface area contributed by atoms with E-state index in [0.717, 1.165) is 25.0 Å². The van der Waals surface area contributed by atoms with E-state index in [0.29, 0.717) is 0 Å². The number of nitrogens with two attached hydrogens (primary N) is 1. The summed E-state index contributed by atoms with van der Waals surface area (Å²) in [6.45, 7) is 0.813. The molecule has 1 saturated heterocycles. The minimum atomic E-state index is 0. The van der Waals surface area contributed by atoms with Crippen molar-refractivity contribution < 1.29 is 4.74 Å². The standard InChI is InChI=1S/C9H15N3O.2ClH/c1-12-6-7(5-11-12)9-8(10)3-2-4-13-9;;/h5-6,8-9H,2-4,10H2,1H3;2*1H/t8-,9-;;/m1../s1. The number of halogens is 2. The van der Waals surface area contributed by atoms with Crippen molar-refractivity contribution >= 4 is 24.8 Å². The number of ether oxygens (including phenoxy) is 1. The molecule has 0 spiro atoms. The minimum Gasteiger partial charge on any atom is -0.372 e. The molecule has 6 heteroatoms. The third-order valence-electron chi connectivity index (χ3n) is 2.42. The van der Waals surface area contributed by atoms with Crippen LogP contribution in [-0.4, -0.2) is 22.4 Å². The molecule has 2 rings (SSSR count). The van der Waals surface area contributed by atoms with Gasteiger partial charge in [0.05, 0.1) is 6.20 Å². The zero-order valence-corrected chi connectivity index (χ0v) is 10.3. The van der Waals surface area contributed by atoms with Gasteiger partial charge in [-0.3, -0.25) is 4.68 Å². The molecule has 1 fully saturated rings. The topological polar surface area (TPSA) is 53.1 Å². The Morgan fingerprint density at radius 1 is 1.53 bits per heavy atom. The Kier molecular flexibility index (Phi) is 6.20. The van der Waals surface area contributed by atoms with Crippen LogP contribution in [0.3, 0.4) is 0 Å². The van der Waals surface area contributed by atoms with E-state index in [1.807, 2.05) is 19.4 Å². The average molecular weight is 254 g/mol. The number of aryl methyl sites for hydroxylation is 1. The van der Waals surface area contributed by atoms with E-state index in [1.54, 1.807) is 4.68 Å². The van der Waals surface area contributed by atoms with Gasteiger partial charge in [-0.25, -0.2) is 0 Å². The lowest BCUT2D eigenvalue weighted by atomic mass is 9.99. The van der Waals surface area contributed by atoms with Crippen molar-refractivity contribution in [3.05, 3.63) is 18.0 Å². The summed E-state index contributed by atoms with van der Waals surface area (Å²) in [6.07, 6.45) is 5.95. The highest BCUT2D eigenvalue weighted by Crippen LogP contribution is 2.26. The predicted molar refractivity (Wildman–Crippen MR) is 63.6 cm³/mol. The van der Waals surface area contributed by atoms with Crippen LogP contribution >= 0.6 is 24.8 Å². The van der Waals surface area contributed by atoms with Gasteiger partial charge in [0, 0.05) is 31.5 Å². The van der Waals surface area contributed by atoms with Gasteiger partial charge in [0.15, 0.2) is 0 Å². The van der Waals surface area contributed by atoms with Gasteiger partial charge in [0.25, 0.3) is 0 Å². The highest BCUT2D eigenvalue weighted by atomic mass is 35.5. The van der Waals surface area contributed by atoms with Gasteiger partial charge >= 0.3 is 0 Å². The van der Waals surface area contributed by atoms with Crippen molar-refractivity contribution in [2.24, 2.45) is 12.8 Å². The number of nitrogens with zero attached hydrogens (tertiary/aromatic N) is 2. The fraction of sp³-hybridized carbons (Fsp3) is 0.667. The molecular formula is C9H17Cl2N3O. The molecule has 2 N–H and O–H groups in total. The Labute approximate surface area is 102 Å². The van der Waals surface area contributed by atoms with Gasteiger partial charge < -0.3 is 10.5 Å². The molecule has 0 amide bonds. The fourth-order valence-electron chi connectivity index (χ4n) is 1.73. The van der Waals surface area contributed by atoms with Crippen molar-refractivity contribution in [2.45, 2.75) is 25.0 Å². The van der Waals surface area contributed by atoms with Crippen LogP contribution in [0.25, 0.3) is 0 Å². The smallest absolute Gasteiger partial charge is 0.101 e. The van der Waals surface area contributed by atoms with Crippen LogP contribution in [0.5, 0.6) is 0 Å². The predicted octanol–water partition coefficient (Wildman–Crippen LogP) is 1.44. The molecule has 0 saturated carbocycles. The summed E-state index contributed by atoms with van der Waals surface area (Å²) in [5, 5.41) is 4.11. The van der Waals surface area contributed by atoms with Crippen molar-refractivity contribution in [1.29, 1.82) is 0 Å². The lowest BCUT2D eigenvalue weighted by Crippen LogP contribution is -2.34. The average Bonchev–Trinajstić information content (AvgIpc) is 2.53. The number of hydrogen-bond acceptors (Lipinski definition) is 3. The van der Waals surface area contributed by atoms with Crippen LogP contribution < -0.4 is 5.73 Å². The molecule has 1 aromatic heterocycles. The molecule has 1 aliphatic rings. The Hall–Kier alpha value is -0.290. The Bertz CT molecular complexity index is 293. The second-order valence-corrected chi connectivity index (χ2v) is 3.54. The monoisotopic (exact) mass is 253 g/mol. The molecule has 0 aromatic carbocycles. The maximum Gasteiger partial charge on any atom is 0.101 e. The lowest BCUT2D eigenvalue weighted by Gasteiger charge is -2.27. The van der Waals surface area contributed by atoms with Crippen molar-refractivity contribution in [3.63, 3.8) is 0 Å². The molecule has 0 unspecified atom stereocenters. The molecule has 0 radical (unpaired) electrons. The second-order valence-electron chi connectivity index (χ2n) is 3.54. The quantitative estimate of drug-likeness (QED) is 0.825. The number of aromatic nitrogens is 2. The van der Waals surface area contributed by atoms with Crippen LogP contribution in [0.1, 0.15) is 24.5 Å². The van der Waals surface area contributed by atoms with Gasteiger partial charge in [-0.2, -0.15) is 5.10 Å². The molecule has 2 heterocycles. The summed E-state index contributed by atoms with van der Waals surface area (Å²) in [7, 11) is 1.90. The second kappa shape index (κ2) is 6.33. The van der Waals surface area contributed by atoms with Gasteiger partial charge in [-0.1, -0.05) is 0 Å². The summed E-state index contributed by atoms with van der Waals surface area (Å²) in [4.78, 5) is 0. The van der Waals surface area contributed by atoms with Gasteiger partial charge in [-0.05, 0) is 12.8 Å². The molecular weight excluding hydrogens is 237 g/mol. The van der Waals surface area contributed by atoms with Gasteiger partial charge in [0.2, 0.25) is 0 Å². The highest BCUT2D eigenvalue weighted by molar-refractivity contribution is 5.85. The first-order valence-electron chi connectivity index (χ1n) is 4.63. The highest BCUT2D eigenvalue weighted by Gasteiger charge is 2.24. The van der Waals surface area contributed by atoms with Crippen LogP contribution in [0, 0.1) is 0 Å². The normalized spacial score (nSPS) is 25.2. The Morgan fingerprint density at radius 2 is 2.27 bits per heavy atom. The van der Waals surface area contributed by atoms with Crippen LogP contribution in [0.15, 0.2) is 12.4 Å². The first kappa shape index (κ1) is 14.7. The Morgan fingerprint density at radius 3 is 2.80 bits per heavy atom. The zero-order chi connectivity index (χ0) is 9.26. The first-order valence-corrected chi connectivity index (χ1v) is 4.63. The largest absolute Gasteiger partial charge is 0.372 e. The summed E-state index contributed by atoms with van der Waals surface area (Å²) in [6, 6.07) is 0.123. The van der Waals surface area contributed by atoms with Crippen molar-refractivity contribution in [3.8, 4) is 0 Å². The van der Waals surface area contributed by atoms with E-state index >= 15 is 0 Å². The number of rotatable bonds is 1. The molecule has 4 nitrogen and oxygen atoms in total. The van der Waals surface area contributed by atoms with Crippen LogP contribution in [0.2, 0.25) is 0 Å². The molecule has 88 valence electrons. The molecule has 1 aliphatic heterocycles. The minimum absolute atomic E-state index is 0. The molecule has 15 heavy (non-hydrogen) atoms. The summed E-state index contributed by atoms with van der Waals surface area (Å²) in [5.74, 6) is 0. The van der Waals surface area contributed by atoms with Crippen molar-refractivity contribution in [1.82, 2.24) is 9.78 Å². The first-order chi connectivity index (χ1) is 6.27. The molecule has 2 atom stereocenters. The summed E-state index contributed by atoms with van der Waals surface area (Å²) in [5.41, 5.74) is 7.05. The molecule has 0 aliphatic carbocycles. The fourth-order valence-corrected chi connectivity index (χ4v) is 1.73. The molecule has 0 bridgehead atoms. The summed E-state index contributed by atoms with van der Waals surface area (Å²) >= 11 is 0. The third kappa shape index (κ3) is 3.34. The van der Waals surface area contributed by atoms with E-state index in [2.05, 4.69) is 5.10 Å². The SMILES string of the molecule is Cl.Cl.Cn1cc([C@H]2OCCC[C@H]2N)cn1. The maximum atomic E-state index is 5.96.